The Morgan fingerprint density at radius 3 is 2.29 bits per heavy atom. The minimum absolute atomic E-state index is 0.0726. The summed E-state index contributed by atoms with van der Waals surface area (Å²) in [4.78, 5) is 13.5. The second-order valence-corrected chi connectivity index (χ2v) is 5.70. The Kier molecular flexibility index (Phi) is 2.79. The molecule has 0 aromatic rings. The summed E-state index contributed by atoms with van der Waals surface area (Å²) in [5, 5.41) is 2.97. The highest BCUT2D eigenvalue weighted by atomic mass is 16.2. The number of amides is 2. The van der Waals surface area contributed by atoms with Crippen LogP contribution in [0.25, 0.3) is 0 Å². The lowest BCUT2D eigenvalue weighted by Crippen LogP contribution is -2.61. The molecule has 14 heavy (non-hydrogen) atoms. The van der Waals surface area contributed by atoms with Crippen LogP contribution in [0.1, 0.15) is 41.0 Å². The Morgan fingerprint density at radius 2 is 1.93 bits per heavy atom. The molecule has 0 spiro atoms. The monoisotopic (exact) mass is 198 g/mol. The summed E-state index contributed by atoms with van der Waals surface area (Å²) >= 11 is 0. The zero-order valence-corrected chi connectivity index (χ0v) is 9.98. The molecule has 0 saturated carbocycles. The SMILES string of the molecule is CCC1(C)CN(C(=O)NC(C)(C)C)C1. The third-order valence-corrected chi connectivity index (χ3v) is 2.77. The summed E-state index contributed by atoms with van der Waals surface area (Å²) in [6, 6.07) is 0.0726. The van der Waals surface area contributed by atoms with Crippen molar-refractivity contribution in [3.8, 4) is 0 Å². The van der Waals surface area contributed by atoms with E-state index in [2.05, 4.69) is 19.2 Å². The van der Waals surface area contributed by atoms with E-state index in [0.717, 1.165) is 19.5 Å². The van der Waals surface area contributed by atoms with Gasteiger partial charge in [-0.25, -0.2) is 4.79 Å². The van der Waals surface area contributed by atoms with Crippen LogP contribution < -0.4 is 5.32 Å². The summed E-state index contributed by atoms with van der Waals surface area (Å²) in [5.41, 5.74) is 0.227. The number of urea groups is 1. The third kappa shape index (κ3) is 2.63. The number of carbonyl (C=O) groups excluding carboxylic acids is 1. The highest BCUT2D eigenvalue weighted by Gasteiger charge is 2.40. The van der Waals surface area contributed by atoms with Crippen molar-refractivity contribution in [1.82, 2.24) is 10.2 Å². The van der Waals surface area contributed by atoms with E-state index < -0.39 is 0 Å². The Morgan fingerprint density at radius 1 is 1.43 bits per heavy atom. The molecule has 0 unspecified atom stereocenters. The predicted molar refractivity (Wildman–Crippen MR) is 58.3 cm³/mol. The van der Waals surface area contributed by atoms with Gasteiger partial charge in [0, 0.05) is 24.0 Å². The molecule has 0 aliphatic carbocycles. The fourth-order valence-corrected chi connectivity index (χ4v) is 1.64. The van der Waals surface area contributed by atoms with Gasteiger partial charge >= 0.3 is 6.03 Å². The zero-order valence-electron chi connectivity index (χ0n) is 9.98. The normalized spacial score (nSPS) is 20.2. The molecule has 1 rings (SSSR count). The number of rotatable bonds is 1. The van der Waals surface area contributed by atoms with Gasteiger partial charge in [0.15, 0.2) is 0 Å². The van der Waals surface area contributed by atoms with Crippen molar-refractivity contribution in [2.24, 2.45) is 5.41 Å². The maximum absolute atomic E-state index is 11.7. The molecule has 0 aromatic carbocycles. The van der Waals surface area contributed by atoms with Crippen molar-refractivity contribution in [2.45, 2.75) is 46.6 Å². The maximum atomic E-state index is 11.7. The minimum atomic E-state index is -0.130. The van der Waals surface area contributed by atoms with Gasteiger partial charge in [0.2, 0.25) is 0 Å². The van der Waals surface area contributed by atoms with Gasteiger partial charge in [-0.15, -0.1) is 0 Å². The number of nitrogens with one attached hydrogen (secondary N) is 1. The Labute approximate surface area is 86.9 Å². The second-order valence-electron chi connectivity index (χ2n) is 5.70. The van der Waals surface area contributed by atoms with E-state index in [-0.39, 0.29) is 11.6 Å². The minimum Gasteiger partial charge on any atom is -0.333 e. The van der Waals surface area contributed by atoms with E-state index in [1.807, 2.05) is 25.7 Å². The first-order chi connectivity index (χ1) is 6.26. The van der Waals surface area contributed by atoms with Crippen LogP contribution in [-0.4, -0.2) is 29.6 Å². The fraction of sp³-hybridized carbons (Fsp3) is 0.909. The Balaban J connectivity index is 2.37. The van der Waals surface area contributed by atoms with Crippen molar-refractivity contribution in [2.75, 3.05) is 13.1 Å². The van der Waals surface area contributed by atoms with Crippen LogP contribution in [0.4, 0.5) is 4.79 Å². The van der Waals surface area contributed by atoms with Crippen molar-refractivity contribution in [3.05, 3.63) is 0 Å². The molecule has 0 bridgehead atoms. The van der Waals surface area contributed by atoms with Gasteiger partial charge in [-0.1, -0.05) is 13.8 Å². The Bertz CT molecular complexity index is 224. The fourth-order valence-electron chi connectivity index (χ4n) is 1.64. The topological polar surface area (TPSA) is 32.3 Å². The molecule has 0 atom stereocenters. The number of likely N-dealkylation sites (tertiary alicyclic amines) is 1. The first-order valence-corrected chi connectivity index (χ1v) is 5.33. The lowest BCUT2D eigenvalue weighted by molar-refractivity contribution is 0.0410. The number of hydrogen-bond donors (Lipinski definition) is 1. The van der Waals surface area contributed by atoms with E-state index in [4.69, 9.17) is 0 Å². The molecular formula is C11H22N2O. The molecule has 0 aromatic heterocycles. The van der Waals surface area contributed by atoms with Crippen LogP contribution in [0.2, 0.25) is 0 Å². The average Bonchev–Trinajstić information content (AvgIpc) is 1.95. The molecule has 1 heterocycles. The van der Waals surface area contributed by atoms with Crippen LogP contribution in [-0.2, 0) is 0 Å². The van der Waals surface area contributed by atoms with Crippen molar-refractivity contribution >= 4 is 6.03 Å². The highest BCUT2D eigenvalue weighted by molar-refractivity contribution is 5.76. The lowest BCUT2D eigenvalue weighted by Gasteiger charge is -2.48. The summed E-state index contributed by atoms with van der Waals surface area (Å²) in [5.74, 6) is 0. The summed E-state index contributed by atoms with van der Waals surface area (Å²) in [7, 11) is 0. The number of carbonyl (C=O) groups is 1. The van der Waals surface area contributed by atoms with E-state index in [9.17, 15) is 4.79 Å². The first kappa shape index (κ1) is 11.3. The molecule has 1 aliphatic heterocycles. The van der Waals surface area contributed by atoms with Gasteiger partial charge in [-0.2, -0.15) is 0 Å². The summed E-state index contributed by atoms with van der Waals surface area (Å²) < 4.78 is 0. The number of nitrogens with zero attached hydrogens (tertiary/aromatic N) is 1. The smallest absolute Gasteiger partial charge is 0.317 e. The first-order valence-electron chi connectivity index (χ1n) is 5.33. The largest absolute Gasteiger partial charge is 0.333 e. The highest BCUT2D eigenvalue weighted by Crippen LogP contribution is 2.32. The summed E-state index contributed by atoms with van der Waals surface area (Å²) in [6.07, 6.45) is 1.15. The lowest BCUT2D eigenvalue weighted by atomic mass is 9.80. The van der Waals surface area contributed by atoms with Gasteiger partial charge in [0.1, 0.15) is 0 Å². The van der Waals surface area contributed by atoms with Gasteiger partial charge in [0.25, 0.3) is 0 Å². The van der Waals surface area contributed by atoms with Crippen LogP contribution in [0.3, 0.4) is 0 Å². The second kappa shape index (κ2) is 3.44. The van der Waals surface area contributed by atoms with Crippen LogP contribution in [0.15, 0.2) is 0 Å². The standard InChI is InChI=1S/C11H22N2O/c1-6-11(5)7-13(8-11)9(14)12-10(2,3)4/h6-8H2,1-5H3,(H,12,14). The van der Waals surface area contributed by atoms with Gasteiger partial charge in [-0.05, 0) is 27.2 Å². The Hall–Kier alpha value is -0.730. The molecule has 0 radical (unpaired) electrons. The van der Waals surface area contributed by atoms with Crippen LogP contribution >= 0.6 is 0 Å². The molecule has 2 amide bonds. The van der Waals surface area contributed by atoms with Crippen molar-refractivity contribution in [3.63, 3.8) is 0 Å². The van der Waals surface area contributed by atoms with Gasteiger partial charge < -0.3 is 10.2 Å². The number of hydrogen-bond acceptors (Lipinski definition) is 1. The third-order valence-electron chi connectivity index (χ3n) is 2.77. The van der Waals surface area contributed by atoms with Crippen molar-refractivity contribution in [1.29, 1.82) is 0 Å². The molecule has 1 fully saturated rings. The molecule has 1 aliphatic rings. The van der Waals surface area contributed by atoms with Crippen molar-refractivity contribution < 1.29 is 4.79 Å². The van der Waals surface area contributed by atoms with E-state index in [1.54, 1.807) is 0 Å². The van der Waals surface area contributed by atoms with Gasteiger partial charge in [-0.3, -0.25) is 0 Å². The quantitative estimate of drug-likeness (QED) is 0.688. The maximum Gasteiger partial charge on any atom is 0.317 e. The van der Waals surface area contributed by atoms with E-state index >= 15 is 0 Å². The molecular weight excluding hydrogens is 176 g/mol. The zero-order chi connectivity index (χ0) is 11.0. The van der Waals surface area contributed by atoms with Crippen LogP contribution in [0, 0.1) is 5.41 Å². The molecule has 1 saturated heterocycles. The van der Waals surface area contributed by atoms with E-state index in [0.29, 0.717) is 5.41 Å². The molecule has 1 N–H and O–H groups in total. The molecule has 3 nitrogen and oxygen atoms in total. The molecule has 82 valence electrons. The summed E-state index contributed by atoms with van der Waals surface area (Å²) in [6.45, 7) is 12.2. The molecule has 3 heteroatoms. The van der Waals surface area contributed by atoms with Gasteiger partial charge in [0.05, 0.1) is 0 Å². The van der Waals surface area contributed by atoms with Crippen LogP contribution in [0.5, 0.6) is 0 Å². The average molecular weight is 198 g/mol. The predicted octanol–water partition coefficient (Wildman–Crippen LogP) is 2.23. The van der Waals surface area contributed by atoms with E-state index in [1.165, 1.54) is 0 Å².